The van der Waals surface area contributed by atoms with E-state index in [1.54, 1.807) is 0 Å². The molecule has 0 aliphatic carbocycles. The molecular formula is C11H8F3NO. The average molecular weight is 227 g/mol. The van der Waals surface area contributed by atoms with Gasteiger partial charge in [-0.2, -0.15) is 18.4 Å². The quantitative estimate of drug-likeness (QED) is 0.738. The molecule has 0 bridgehead atoms. The summed E-state index contributed by atoms with van der Waals surface area (Å²) in [7, 11) is 0. The lowest BCUT2D eigenvalue weighted by atomic mass is 9.79. The maximum absolute atomic E-state index is 12.5. The molecule has 1 heterocycles. The molecule has 0 unspecified atom stereocenters. The molecule has 1 fully saturated rings. The van der Waals surface area contributed by atoms with Crippen LogP contribution in [0.15, 0.2) is 24.3 Å². The molecule has 5 heteroatoms. The highest BCUT2D eigenvalue weighted by Gasteiger charge is 2.42. The second kappa shape index (κ2) is 3.49. The third kappa shape index (κ3) is 1.65. The van der Waals surface area contributed by atoms with Crippen LogP contribution in [0.2, 0.25) is 0 Å². The zero-order valence-corrected chi connectivity index (χ0v) is 8.21. The predicted octanol–water partition coefficient (Wildman–Crippen LogP) is 2.50. The highest BCUT2D eigenvalue weighted by Crippen LogP contribution is 2.36. The first kappa shape index (κ1) is 11.0. The number of benzene rings is 1. The molecule has 1 aromatic carbocycles. The maximum atomic E-state index is 12.5. The fourth-order valence-corrected chi connectivity index (χ4v) is 1.60. The van der Waals surface area contributed by atoms with E-state index in [4.69, 9.17) is 10.00 Å². The molecular weight excluding hydrogens is 219 g/mol. The average Bonchev–Trinajstić information content (AvgIpc) is 2.16. The predicted molar refractivity (Wildman–Crippen MR) is 49.6 cm³/mol. The number of rotatable bonds is 1. The van der Waals surface area contributed by atoms with Crippen molar-refractivity contribution in [2.45, 2.75) is 11.6 Å². The molecule has 1 saturated heterocycles. The Labute approximate surface area is 90.3 Å². The number of hydrogen-bond acceptors (Lipinski definition) is 2. The summed E-state index contributed by atoms with van der Waals surface area (Å²) < 4.78 is 42.3. The van der Waals surface area contributed by atoms with Crippen LogP contribution in [-0.2, 0) is 16.3 Å². The minimum absolute atomic E-state index is 0.158. The third-order valence-electron chi connectivity index (χ3n) is 2.65. The third-order valence-corrected chi connectivity index (χ3v) is 2.65. The van der Waals surface area contributed by atoms with E-state index in [1.807, 2.05) is 6.07 Å². The summed E-state index contributed by atoms with van der Waals surface area (Å²) in [5.41, 5.74) is -1.26. The highest BCUT2D eigenvalue weighted by molar-refractivity contribution is 5.38. The summed E-state index contributed by atoms with van der Waals surface area (Å²) in [5, 5.41) is 8.97. The van der Waals surface area contributed by atoms with Gasteiger partial charge in [-0.1, -0.05) is 18.2 Å². The van der Waals surface area contributed by atoms with Gasteiger partial charge in [0.15, 0.2) is 0 Å². The summed E-state index contributed by atoms with van der Waals surface area (Å²) in [6, 6.07) is 6.88. The number of halogens is 3. The van der Waals surface area contributed by atoms with Crippen molar-refractivity contribution in [1.82, 2.24) is 0 Å². The number of nitriles is 1. The van der Waals surface area contributed by atoms with Gasteiger partial charge in [0.05, 0.1) is 24.8 Å². The Hall–Kier alpha value is -1.54. The smallest absolute Gasteiger partial charge is 0.377 e. The molecule has 0 amide bonds. The number of nitrogens with zero attached hydrogens (tertiary/aromatic N) is 1. The standard InChI is InChI=1S/C11H8F3NO/c12-11(13,14)9-3-1-2-8(4-9)10(5-15)6-16-7-10/h1-4H,6-7H2. The first-order valence-corrected chi connectivity index (χ1v) is 4.65. The Morgan fingerprint density at radius 3 is 2.44 bits per heavy atom. The van der Waals surface area contributed by atoms with Crippen molar-refractivity contribution in [2.24, 2.45) is 0 Å². The Morgan fingerprint density at radius 2 is 2.00 bits per heavy atom. The van der Waals surface area contributed by atoms with E-state index in [9.17, 15) is 13.2 Å². The zero-order valence-electron chi connectivity index (χ0n) is 8.21. The van der Waals surface area contributed by atoms with Gasteiger partial charge in [-0.25, -0.2) is 0 Å². The van der Waals surface area contributed by atoms with E-state index in [0.29, 0.717) is 5.56 Å². The lowest BCUT2D eigenvalue weighted by Gasteiger charge is -2.35. The van der Waals surface area contributed by atoms with Crippen LogP contribution in [-0.4, -0.2) is 13.2 Å². The SMILES string of the molecule is N#CC1(c2cccc(C(F)(F)F)c2)COC1. The Balaban J connectivity index is 2.41. The zero-order chi connectivity index (χ0) is 11.8. The molecule has 0 spiro atoms. The van der Waals surface area contributed by atoms with Crippen molar-refractivity contribution in [3.05, 3.63) is 35.4 Å². The second-order valence-corrected chi connectivity index (χ2v) is 3.77. The van der Waals surface area contributed by atoms with Gasteiger partial charge in [0.2, 0.25) is 0 Å². The second-order valence-electron chi connectivity index (χ2n) is 3.77. The molecule has 0 saturated carbocycles. The van der Waals surface area contributed by atoms with Crippen LogP contribution in [0.25, 0.3) is 0 Å². The molecule has 0 radical (unpaired) electrons. The van der Waals surface area contributed by atoms with Gasteiger partial charge in [-0.05, 0) is 11.6 Å². The fourth-order valence-electron chi connectivity index (χ4n) is 1.60. The lowest BCUT2D eigenvalue weighted by Crippen LogP contribution is -2.45. The van der Waals surface area contributed by atoms with Gasteiger partial charge in [-0.3, -0.25) is 0 Å². The molecule has 0 N–H and O–H groups in total. The van der Waals surface area contributed by atoms with Gasteiger partial charge >= 0.3 is 6.18 Å². The summed E-state index contributed by atoms with van der Waals surface area (Å²) in [4.78, 5) is 0. The topological polar surface area (TPSA) is 33.0 Å². The molecule has 0 aromatic heterocycles. The van der Waals surface area contributed by atoms with Crippen molar-refractivity contribution in [3.63, 3.8) is 0 Å². The summed E-state index contributed by atoms with van der Waals surface area (Å²) in [6.45, 7) is 0.315. The van der Waals surface area contributed by atoms with Crippen LogP contribution in [0.5, 0.6) is 0 Å². The van der Waals surface area contributed by atoms with E-state index in [0.717, 1.165) is 12.1 Å². The molecule has 2 nitrogen and oxygen atoms in total. The van der Waals surface area contributed by atoms with Crippen LogP contribution in [0.1, 0.15) is 11.1 Å². The molecule has 1 aliphatic rings. The molecule has 0 atom stereocenters. The lowest BCUT2D eigenvalue weighted by molar-refractivity contribution is -0.137. The maximum Gasteiger partial charge on any atom is 0.416 e. The van der Waals surface area contributed by atoms with Gasteiger partial charge < -0.3 is 4.74 Å². The largest absolute Gasteiger partial charge is 0.416 e. The van der Waals surface area contributed by atoms with E-state index in [2.05, 4.69) is 0 Å². The number of hydrogen-bond donors (Lipinski definition) is 0. The van der Waals surface area contributed by atoms with E-state index < -0.39 is 17.2 Å². The highest BCUT2D eigenvalue weighted by atomic mass is 19.4. The van der Waals surface area contributed by atoms with Gasteiger partial charge in [0.25, 0.3) is 0 Å². The van der Waals surface area contributed by atoms with Crippen molar-refractivity contribution in [1.29, 1.82) is 5.26 Å². The van der Waals surface area contributed by atoms with E-state index in [1.165, 1.54) is 12.1 Å². The fraction of sp³-hybridized carbons (Fsp3) is 0.364. The minimum atomic E-state index is -4.38. The van der Waals surface area contributed by atoms with Crippen LogP contribution in [0, 0.1) is 11.3 Å². The van der Waals surface area contributed by atoms with Crippen molar-refractivity contribution >= 4 is 0 Å². The van der Waals surface area contributed by atoms with Crippen LogP contribution in [0.4, 0.5) is 13.2 Å². The van der Waals surface area contributed by atoms with Crippen molar-refractivity contribution in [3.8, 4) is 6.07 Å². The van der Waals surface area contributed by atoms with Crippen LogP contribution < -0.4 is 0 Å². The van der Waals surface area contributed by atoms with Crippen molar-refractivity contribution in [2.75, 3.05) is 13.2 Å². The van der Waals surface area contributed by atoms with Gasteiger partial charge in [0, 0.05) is 0 Å². The summed E-state index contributed by atoms with van der Waals surface area (Å²) in [5.74, 6) is 0. The Morgan fingerprint density at radius 1 is 1.31 bits per heavy atom. The summed E-state index contributed by atoms with van der Waals surface area (Å²) >= 11 is 0. The Bertz CT molecular complexity index is 443. The van der Waals surface area contributed by atoms with Crippen LogP contribution >= 0.6 is 0 Å². The normalized spacial score (nSPS) is 18.6. The number of alkyl halides is 3. The monoisotopic (exact) mass is 227 g/mol. The molecule has 84 valence electrons. The van der Waals surface area contributed by atoms with E-state index in [-0.39, 0.29) is 13.2 Å². The summed E-state index contributed by atoms with van der Waals surface area (Å²) in [6.07, 6.45) is -4.38. The Kier molecular flexibility index (Phi) is 2.39. The number of ether oxygens (including phenoxy) is 1. The minimum Gasteiger partial charge on any atom is -0.377 e. The van der Waals surface area contributed by atoms with Crippen LogP contribution in [0.3, 0.4) is 0 Å². The first-order valence-electron chi connectivity index (χ1n) is 4.65. The van der Waals surface area contributed by atoms with E-state index >= 15 is 0 Å². The first-order chi connectivity index (χ1) is 7.48. The van der Waals surface area contributed by atoms with Crippen molar-refractivity contribution < 1.29 is 17.9 Å². The van der Waals surface area contributed by atoms with Gasteiger partial charge in [-0.15, -0.1) is 0 Å². The molecule has 16 heavy (non-hydrogen) atoms. The molecule has 1 aromatic rings. The molecule has 2 rings (SSSR count). The van der Waals surface area contributed by atoms with Gasteiger partial charge in [0.1, 0.15) is 5.41 Å². The molecule has 1 aliphatic heterocycles.